The van der Waals surface area contributed by atoms with Gasteiger partial charge in [0.15, 0.2) is 11.5 Å². The molecule has 2 heterocycles. The molecule has 3 aromatic carbocycles. The molecule has 0 bridgehead atoms. The number of rotatable bonds is 9. The van der Waals surface area contributed by atoms with Crippen molar-refractivity contribution in [3.05, 3.63) is 133 Å². The topological polar surface area (TPSA) is 95.1 Å². The highest BCUT2D eigenvalue weighted by Gasteiger charge is 2.16. The minimum atomic E-state index is -0.578. The number of hydrazone groups is 1. The van der Waals surface area contributed by atoms with Gasteiger partial charge in [0.2, 0.25) is 0 Å². The van der Waals surface area contributed by atoms with Gasteiger partial charge in [-0.05, 0) is 115 Å². The van der Waals surface area contributed by atoms with Crippen molar-refractivity contribution in [2.24, 2.45) is 5.10 Å². The van der Waals surface area contributed by atoms with Crippen LogP contribution in [0.25, 0.3) is 5.69 Å². The van der Waals surface area contributed by atoms with E-state index in [2.05, 4.69) is 72.9 Å². The fourth-order valence-corrected chi connectivity index (χ4v) is 5.70. The molecule has 0 spiro atoms. The molecule has 218 valence electrons. The number of benzene rings is 3. The number of nitrogens with zero attached hydrogens (tertiary/aromatic N) is 2. The second-order valence-corrected chi connectivity index (χ2v) is 11.6. The first-order valence-corrected chi connectivity index (χ1v) is 14.9. The average Bonchev–Trinajstić information content (AvgIpc) is 3.60. The average molecular weight is 726 g/mol. The summed E-state index contributed by atoms with van der Waals surface area (Å²) in [6.07, 6.45) is 1.37. The van der Waals surface area contributed by atoms with E-state index in [9.17, 15) is 9.59 Å². The number of carbonyl (C=O) groups is 2. The van der Waals surface area contributed by atoms with Crippen molar-refractivity contribution in [1.29, 1.82) is 0 Å². The summed E-state index contributed by atoms with van der Waals surface area (Å²) in [5, 5.41) is 4.53. The van der Waals surface area contributed by atoms with Crippen molar-refractivity contribution in [3.8, 4) is 17.2 Å². The van der Waals surface area contributed by atoms with Crippen LogP contribution in [0.5, 0.6) is 11.5 Å². The van der Waals surface area contributed by atoms with Crippen molar-refractivity contribution >= 4 is 61.6 Å². The van der Waals surface area contributed by atoms with E-state index in [0.717, 1.165) is 17.1 Å². The Labute approximate surface area is 269 Å². The van der Waals surface area contributed by atoms with E-state index < -0.39 is 11.9 Å². The molecular formula is C32H24Br2ClN3O5. The Balaban J connectivity index is 1.19. The summed E-state index contributed by atoms with van der Waals surface area (Å²) >= 11 is 12.7. The molecule has 5 rings (SSSR count). The van der Waals surface area contributed by atoms with Gasteiger partial charge in [0.1, 0.15) is 18.1 Å². The quantitative estimate of drug-likeness (QED) is 0.0713. The molecule has 0 saturated carbocycles. The van der Waals surface area contributed by atoms with Crippen LogP contribution < -0.4 is 14.9 Å². The van der Waals surface area contributed by atoms with Gasteiger partial charge in [-0.1, -0.05) is 27.5 Å². The molecule has 0 saturated heterocycles. The van der Waals surface area contributed by atoms with Crippen LogP contribution in [0.1, 0.15) is 43.6 Å². The maximum Gasteiger partial charge on any atom is 0.343 e. The largest absolute Gasteiger partial charge is 0.486 e. The van der Waals surface area contributed by atoms with Crippen LogP contribution in [0.4, 0.5) is 0 Å². The third kappa shape index (κ3) is 7.45. The molecule has 0 radical (unpaired) electrons. The van der Waals surface area contributed by atoms with Crippen LogP contribution in [-0.2, 0) is 6.61 Å². The number of ether oxygens (including phenoxy) is 2. The summed E-state index contributed by atoms with van der Waals surface area (Å²) in [7, 11) is 0. The lowest BCUT2D eigenvalue weighted by molar-refractivity contribution is 0.0732. The Morgan fingerprint density at radius 2 is 1.65 bits per heavy atom. The molecule has 2 aromatic heterocycles. The van der Waals surface area contributed by atoms with Crippen LogP contribution in [0.2, 0.25) is 5.02 Å². The molecule has 0 aliphatic heterocycles. The standard InChI is InChI=1S/C32H24Br2ClN3O5/c1-19-3-4-20(2)38(19)25-9-11-26(12-10-25)41-18-27-13-14-29(42-27)31(39)37-36-17-22-15-23(33)16-28(34)30(22)43-32(40)21-5-7-24(35)8-6-21/h3-17H,18H2,1-2H3,(H,37,39)/b36-17-. The van der Waals surface area contributed by atoms with Gasteiger partial charge in [0.05, 0.1) is 16.3 Å². The van der Waals surface area contributed by atoms with Gasteiger partial charge in [-0.25, -0.2) is 10.2 Å². The number of hydrogen-bond acceptors (Lipinski definition) is 6. The van der Waals surface area contributed by atoms with Crippen LogP contribution in [-0.4, -0.2) is 22.7 Å². The van der Waals surface area contributed by atoms with E-state index in [0.29, 0.717) is 36.6 Å². The van der Waals surface area contributed by atoms with Crippen molar-refractivity contribution in [2.75, 3.05) is 0 Å². The summed E-state index contributed by atoms with van der Waals surface area (Å²) in [4.78, 5) is 25.3. The summed E-state index contributed by atoms with van der Waals surface area (Å²) in [5.41, 5.74) is 6.54. The molecule has 5 aromatic rings. The van der Waals surface area contributed by atoms with Crippen molar-refractivity contribution in [2.45, 2.75) is 20.5 Å². The van der Waals surface area contributed by atoms with Gasteiger partial charge in [0, 0.05) is 32.1 Å². The summed E-state index contributed by atoms with van der Waals surface area (Å²) in [5.74, 6) is 0.303. The molecular weight excluding hydrogens is 702 g/mol. The zero-order valence-electron chi connectivity index (χ0n) is 22.9. The number of halogens is 3. The van der Waals surface area contributed by atoms with E-state index in [1.54, 1.807) is 48.5 Å². The number of furan rings is 1. The lowest BCUT2D eigenvalue weighted by atomic mass is 10.2. The second kappa shape index (κ2) is 13.5. The van der Waals surface area contributed by atoms with E-state index in [4.69, 9.17) is 25.5 Å². The lowest BCUT2D eigenvalue weighted by Gasteiger charge is -2.11. The predicted molar refractivity (Wildman–Crippen MR) is 172 cm³/mol. The number of aromatic nitrogens is 1. The van der Waals surface area contributed by atoms with Gasteiger partial charge >= 0.3 is 11.9 Å². The minimum absolute atomic E-state index is 0.0643. The molecule has 0 atom stereocenters. The predicted octanol–water partition coefficient (Wildman–Crippen LogP) is 8.43. The Morgan fingerprint density at radius 3 is 2.35 bits per heavy atom. The fraction of sp³-hybridized carbons (Fsp3) is 0.0938. The van der Waals surface area contributed by atoms with Crippen molar-refractivity contribution in [1.82, 2.24) is 9.99 Å². The lowest BCUT2D eigenvalue weighted by Crippen LogP contribution is -2.17. The van der Waals surface area contributed by atoms with Crippen LogP contribution >= 0.6 is 43.5 Å². The maximum atomic E-state index is 12.7. The van der Waals surface area contributed by atoms with Gasteiger partial charge in [-0.2, -0.15) is 5.10 Å². The second-order valence-electron chi connectivity index (χ2n) is 9.40. The third-order valence-electron chi connectivity index (χ3n) is 6.31. The zero-order chi connectivity index (χ0) is 30.5. The molecule has 0 fully saturated rings. The van der Waals surface area contributed by atoms with Gasteiger partial charge < -0.3 is 18.5 Å². The highest BCUT2D eigenvalue weighted by molar-refractivity contribution is 9.11. The number of nitrogens with one attached hydrogen (secondary N) is 1. The molecule has 8 nitrogen and oxygen atoms in total. The fourth-order valence-electron chi connectivity index (χ4n) is 4.24. The smallest absolute Gasteiger partial charge is 0.343 e. The van der Waals surface area contributed by atoms with E-state index in [-0.39, 0.29) is 18.1 Å². The number of amides is 1. The summed E-state index contributed by atoms with van der Waals surface area (Å²) in [6.45, 7) is 4.27. The summed E-state index contributed by atoms with van der Waals surface area (Å²) in [6, 6.07) is 24.9. The van der Waals surface area contributed by atoms with Gasteiger partial charge in [-0.15, -0.1) is 0 Å². The molecule has 11 heteroatoms. The molecule has 0 unspecified atom stereocenters. The molecule has 0 aliphatic carbocycles. The Bertz CT molecular complexity index is 1790. The molecule has 43 heavy (non-hydrogen) atoms. The van der Waals surface area contributed by atoms with Crippen LogP contribution in [0.3, 0.4) is 0 Å². The number of hydrogen-bond donors (Lipinski definition) is 1. The van der Waals surface area contributed by atoms with E-state index in [1.807, 2.05) is 24.3 Å². The highest BCUT2D eigenvalue weighted by Crippen LogP contribution is 2.33. The molecule has 1 amide bonds. The Morgan fingerprint density at radius 1 is 0.953 bits per heavy atom. The molecule has 0 aliphatic rings. The monoisotopic (exact) mass is 723 g/mol. The minimum Gasteiger partial charge on any atom is -0.486 e. The number of carbonyl (C=O) groups excluding carboxylic acids is 2. The van der Waals surface area contributed by atoms with E-state index >= 15 is 0 Å². The van der Waals surface area contributed by atoms with Gasteiger partial charge in [0.25, 0.3) is 0 Å². The van der Waals surface area contributed by atoms with Gasteiger partial charge in [-0.3, -0.25) is 4.79 Å². The van der Waals surface area contributed by atoms with E-state index in [1.165, 1.54) is 6.21 Å². The number of esters is 1. The first-order chi connectivity index (χ1) is 20.7. The normalized spacial score (nSPS) is 11.1. The Hall–Kier alpha value is -4.12. The van der Waals surface area contributed by atoms with Crippen molar-refractivity contribution < 1.29 is 23.5 Å². The molecule has 1 N–H and O–H groups in total. The number of aryl methyl sites for hydroxylation is 2. The first-order valence-electron chi connectivity index (χ1n) is 12.9. The highest BCUT2D eigenvalue weighted by atomic mass is 79.9. The third-order valence-corrected chi connectivity index (χ3v) is 7.61. The Kier molecular flexibility index (Phi) is 9.49. The summed E-state index contributed by atoms with van der Waals surface area (Å²) < 4.78 is 20.5. The van der Waals surface area contributed by atoms with Crippen LogP contribution in [0, 0.1) is 13.8 Å². The van der Waals surface area contributed by atoms with Crippen LogP contribution in [0.15, 0.2) is 103 Å². The SMILES string of the molecule is Cc1ccc(C)n1-c1ccc(OCc2ccc(C(=O)N/N=C\c3cc(Br)cc(Br)c3OC(=O)c3ccc(Cl)cc3)o2)cc1. The maximum absolute atomic E-state index is 12.7. The first kappa shape index (κ1) is 30.3. The zero-order valence-corrected chi connectivity index (χ0v) is 26.9. The van der Waals surface area contributed by atoms with Crippen molar-refractivity contribution in [3.63, 3.8) is 0 Å².